The van der Waals surface area contributed by atoms with Gasteiger partial charge in [-0.05, 0) is 5.56 Å². The fourth-order valence-electron chi connectivity index (χ4n) is 1.50. The van der Waals surface area contributed by atoms with Crippen LogP contribution in [0.2, 0.25) is 0 Å². The van der Waals surface area contributed by atoms with Crippen LogP contribution in [0.5, 0.6) is 0 Å². The van der Waals surface area contributed by atoms with Crippen molar-refractivity contribution in [3.63, 3.8) is 0 Å². The molecular formula is C13H18N2O2. The Hall–Kier alpha value is -1.84. The molecule has 4 heteroatoms. The monoisotopic (exact) mass is 234 g/mol. The standard InChI is InChI=1S/C13H18N2O2/c1-9(2)12(16)11(15-13(17)14-3)10-7-5-4-6-8-10/h4-9,11H,1-3H3,(H2,14,15,17)/t11-/m1/s1. The van der Waals surface area contributed by atoms with Crippen LogP contribution in [0.25, 0.3) is 0 Å². The summed E-state index contributed by atoms with van der Waals surface area (Å²) in [6.45, 7) is 3.65. The van der Waals surface area contributed by atoms with Crippen LogP contribution >= 0.6 is 0 Å². The summed E-state index contributed by atoms with van der Waals surface area (Å²) in [5, 5.41) is 5.12. The SMILES string of the molecule is CNC(=O)N[C@@H](C(=O)C(C)C)c1ccccc1. The number of hydrogen-bond donors (Lipinski definition) is 2. The van der Waals surface area contributed by atoms with Crippen molar-refractivity contribution >= 4 is 11.8 Å². The number of hydrogen-bond acceptors (Lipinski definition) is 2. The molecular weight excluding hydrogens is 216 g/mol. The van der Waals surface area contributed by atoms with E-state index in [-0.39, 0.29) is 17.7 Å². The highest BCUT2D eigenvalue weighted by Gasteiger charge is 2.24. The Morgan fingerprint density at radius 3 is 2.18 bits per heavy atom. The first-order chi connectivity index (χ1) is 8.06. The molecule has 0 aliphatic heterocycles. The first-order valence-corrected chi connectivity index (χ1v) is 5.63. The van der Waals surface area contributed by atoms with Crippen molar-refractivity contribution in [2.75, 3.05) is 7.05 Å². The minimum atomic E-state index is -0.587. The second-order valence-corrected chi connectivity index (χ2v) is 4.12. The fraction of sp³-hybridized carbons (Fsp3) is 0.385. The molecule has 2 amide bonds. The van der Waals surface area contributed by atoms with Crippen LogP contribution in [0.3, 0.4) is 0 Å². The van der Waals surface area contributed by atoms with Gasteiger partial charge < -0.3 is 10.6 Å². The van der Waals surface area contributed by atoms with Crippen molar-refractivity contribution < 1.29 is 9.59 Å². The Labute approximate surface area is 101 Å². The molecule has 0 heterocycles. The quantitative estimate of drug-likeness (QED) is 0.835. The molecule has 0 aliphatic rings. The van der Waals surface area contributed by atoms with Crippen molar-refractivity contribution in [3.8, 4) is 0 Å². The highest BCUT2D eigenvalue weighted by molar-refractivity contribution is 5.90. The highest BCUT2D eigenvalue weighted by Crippen LogP contribution is 2.17. The van der Waals surface area contributed by atoms with Gasteiger partial charge in [-0.1, -0.05) is 44.2 Å². The largest absolute Gasteiger partial charge is 0.341 e. The van der Waals surface area contributed by atoms with Crippen LogP contribution in [0.15, 0.2) is 30.3 Å². The number of rotatable bonds is 4. The molecule has 1 aromatic rings. The predicted octanol–water partition coefficient (Wildman–Crippen LogP) is 1.88. The van der Waals surface area contributed by atoms with Crippen LogP contribution in [0, 0.1) is 5.92 Å². The molecule has 0 fully saturated rings. The van der Waals surface area contributed by atoms with Crippen molar-refractivity contribution in [1.29, 1.82) is 0 Å². The summed E-state index contributed by atoms with van der Waals surface area (Å²) in [5.41, 5.74) is 0.801. The Balaban J connectivity index is 2.94. The van der Waals surface area contributed by atoms with E-state index in [1.165, 1.54) is 7.05 Å². The smallest absolute Gasteiger partial charge is 0.315 e. The van der Waals surface area contributed by atoms with E-state index in [9.17, 15) is 9.59 Å². The summed E-state index contributed by atoms with van der Waals surface area (Å²) in [5.74, 6) is -0.128. The van der Waals surface area contributed by atoms with Crippen LogP contribution in [0.1, 0.15) is 25.5 Å². The average molecular weight is 234 g/mol. The van der Waals surface area contributed by atoms with Gasteiger partial charge in [0.1, 0.15) is 6.04 Å². The van der Waals surface area contributed by atoms with Crippen molar-refractivity contribution in [2.45, 2.75) is 19.9 Å². The molecule has 2 N–H and O–H groups in total. The van der Waals surface area contributed by atoms with Gasteiger partial charge in [0.25, 0.3) is 0 Å². The van der Waals surface area contributed by atoms with Gasteiger partial charge in [0.2, 0.25) is 0 Å². The molecule has 1 rings (SSSR count). The maximum atomic E-state index is 12.1. The molecule has 0 saturated heterocycles. The number of ketones is 1. The average Bonchev–Trinajstić information content (AvgIpc) is 2.35. The summed E-state index contributed by atoms with van der Waals surface area (Å²) in [7, 11) is 1.53. The van der Waals surface area contributed by atoms with Crippen molar-refractivity contribution in [1.82, 2.24) is 10.6 Å². The van der Waals surface area contributed by atoms with Crippen LogP contribution < -0.4 is 10.6 Å². The first-order valence-electron chi connectivity index (χ1n) is 5.63. The van der Waals surface area contributed by atoms with E-state index in [1.807, 2.05) is 44.2 Å². The molecule has 1 aromatic carbocycles. The lowest BCUT2D eigenvalue weighted by atomic mass is 9.95. The lowest BCUT2D eigenvalue weighted by Crippen LogP contribution is -2.40. The van der Waals surface area contributed by atoms with Gasteiger partial charge in [0.05, 0.1) is 0 Å². The minimum Gasteiger partial charge on any atom is -0.341 e. The number of urea groups is 1. The third-order valence-corrected chi connectivity index (χ3v) is 2.49. The van der Waals surface area contributed by atoms with Crippen molar-refractivity contribution in [2.24, 2.45) is 5.92 Å². The minimum absolute atomic E-state index is 0.000185. The molecule has 1 atom stereocenters. The maximum Gasteiger partial charge on any atom is 0.315 e. The molecule has 0 bridgehead atoms. The van der Waals surface area contributed by atoms with E-state index in [4.69, 9.17) is 0 Å². The lowest BCUT2D eigenvalue weighted by molar-refractivity contribution is -0.123. The van der Waals surface area contributed by atoms with Crippen molar-refractivity contribution in [3.05, 3.63) is 35.9 Å². The Morgan fingerprint density at radius 1 is 1.12 bits per heavy atom. The summed E-state index contributed by atoms with van der Waals surface area (Å²) in [4.78, 5) is 23.4. The van der Waals surface area contributed by atoms with Gasteiger partial charge in [-0.3, -0.25) is 4.79 Å². The molecule has 0 aliphatic carbocycles. The zero-order valence-electron chi connectivity index (χ0n) is 10.4. The summed E-state index contributed by atoms with van der Waals surface area (Å²) < 4.78 is 0. The Bertz CT molecular complexity index is 388. The molecule has 0 radical (unpaired) electrons. The lowest BCUT2D eigenvalue weighted by Gasteiger charge is -2.19. The predicted molar refractivity (Wildman–Crippen MR) is 66.6 cm³/mol. The molecule has 0 aromatic heterocycles. The number of carbonyl (C=O) groups is 2. The zero-order chi connectivity index (χ0) is 12.8. The third-order valence-electron chi connectivity index (χ3n) is 2.49. The van der Waals surface area contributed by atoms with E-state index >= 15 is 0 Å². The second-order valence-electron chi connectivity index (χ2n) is 4.12. The number of nitrogens with one attached hydrogen (secondary N) is 2. The first kappa shape index (κ1) is 13.2. The van der Waals surface area contributed by atoms with Gasteiger partial charge in [0, 0.05) is 13.0 Å². The summed E-state index contributed by atoms with van der Waals surface area (Å²) in [6, 6.07) is 8.30. The third kappa shape index (κ3) is 3.59. The van der Waals surface area contributed by atoms with E-state index in [0.29, 0.717) is 0 Å². The summed E-state index contributed by atoms with van der Waals surface area (Å²) in [6.07, 6.45) is 0. The van der Waals surface area contributed by atoms with E-state index in [0.717, 1.165) is 5.56 Å². The van der Waals surface area contributed by atoms with E-state index in [2.05, 4.69) is 10.6 Å². The Kier molecular flexibility index (Phi) is 4.69. The Morgan fingerprint density at radius 2 is 1.71 bits per heavy atom. The van der Waals surface area contributed by atoms with Crippen LogP contribution in [-0.4, -0.2) is 18.9 Å². The van der Waals surface area contributed by atoms with Gasteiger partial charge in [-0.15, -0.1) is 0 Å². The van der Waals surface area contributed by atoms with Gasteiger partial charge in [0.15, 0.2) is 5.78 Å². The number of carbonyl (C=O) groups excluding carboxylic acids is 2. The second kappa shape index (κ2) is 6.03. The molecule has 0 saturated carbocycles. The van der Waals surface area contributed by atoms with Gasteiger partial charge in [-0.25, -0.2) is 4.79 Å². The maximum absolute atomic E-state index is 12.1. The summed E-state index contributed by atoms with van der Waals surface area (Å²) >= 11 is 0. The van der Waals surface area contributed by atoms with Crippen LogP contribution in [-0.2, 0) is 4.79 Å². The van der Waals surface area contributed by atoms with Gasteiger partial charge >= 0.3 is 6.03 Å². The van der Waals surface area contributed by atoms with E-state index in [1.54, 1.807) is 0 Å². The molecule has 17 heavy (non-hydrogen) atoms. The number of benzene rings is 1. The molecule has 0 spiro atoms. The molecule has 0 unspecified atom stereocenters. The van der Waals surface area contributed by atoms with E-state index < -0.39 is 6.04 Å². The zero-order valence-corrected chi connectivity index (χ0v) is 10.4. The normalized spacial score (nSPS) is 12.0. The van der Waals surface area contributed by atoms with Crippen LogP contribution in [0.4, 0.5) is 4.79 Å². The van der Waals surface area contributed by atoms with Gasteiger partial charge in [-0.2, -0.15) is 0 Å². The number of amides is 2. The molecule has 92 valence electrons. The number of Topliss-reactive ketones (excluding diaryl/α,β-unsaturated/α-hetero) is 1. The topological polar surface area (TPSA) is 58.2 Å². The fourth-order valence-corrected chi connectivity index (χ4v) is 1.50. The molecule has 4 nitrogen and oxygen atoms in total. The highest BCUT2D eigenvalue weighted by atomic mass is 16.2.